The molecule has 3 rings (SSSR count). The summed E-state index contributed by atoms with van der Waals surface area (Å²) >= 11 is 5.81. The molecule has 0 saturated carbocycles. The van der Waals surface area contributed by atoms with E-state index in [1.54, 1.807) is 30.5 Å². The average Bonchev–Trinajstić information content (AvgIpc) is 2.57. The van der Waals surface area contributed by atoms with Gasteiger partial charge in [0.15, 0.2) is 0 Å². The summed E-state index contributed by atoms with van der Waals surface area (Å²) in [4.78, 5) is 16.4. The van der Waals surface area contributed by atoms with E-state index >= 15 is 0 Å². The van der Waals surface area contributed by atoms with Crippen LogP contribution in [0.2, 0.25) is 5.02 Å². The molecule has 1 N–H and O–H groups in total. The van der Waals surface area contributed by atoms with E-state index in [1.807, 2.05) is 30.3 Å². The largest absolute Gasteiger partial charge is 0.493 e. The Hall–Kier alpha value is -2.59. The predicted molar refractivity (Wildman–Crippen MR) is 91.9 cm³/mol. The Morgan fingerprint density at radius 1 is 1.09 bits per heavy atom. The van der Waals surface area contributed by atoms with Gasteiger partial charge >= 0.3 is 0 Å². The van der Waals surface area contributed by atoms with E-state index in [4.69, 9.17) is 16.3 Å². The number of carbonyl (C=O) groups is 1. The number of anilines is 1. The number of rotatable bonds is 5. The molecule has 0 aliphatic carbocycles. The molecule has 3 aromatic rings. The molecule has 0 unspecified atom stereocenters. The number of benzene rings is 2. The summed E-state index contributed by atoms with van der Waals surface area (Å²) in [6.07, 6.45) is 1.97. The molecule has 5 heteroatoms. The van der Waals surface area contributed by atoms with E-state index in [2.05, 4.69) is 10.3 Å². The molecule has 1 aromatic heterocycles. The topological polar surface area (TPSA) is 51.2 Å². The number of nitrogens with one attached hydrogen (secondary N) is 1. The summed E-state index contributed by atoms with van der Waals surface area (Å²) < 4.78 is 5.52. The van der Waals surface area contributed by atoms with Crippen molar-refractivity contribution in [2.75, 3.05) is 11.9 Å². The molecule has 1 heterocycles. The van der Waals surface area contributed by atoms with Gasteiger partial charge in [0.05, 0.1) is 24.2 Å². The molecular formula is C18H15ClN2O2. The van der Waals surface area contributed by atoms with Crippen molar-refractivity contribution in [3.8, 4) is 5.75 Å². The zero-order chi connectivity index (χ0) is 16.1. The lowest BCUT2D eigenvalue weighted by atomic mass is 10.2. The molecule has 116 valence electrons. The minimum absolute atomic E-state index is 0.114. The molecule has 4 nitrogen and oxygen atoms in total. The number of fused-ring (bicyclic) bond motifs is 1. The van der Waals surface area contributed by atoms with Crippen molar-refractivity contribution in [2.24, 2.45) is 0 Å². The first kappa shape index (κ1) is 15.3. The molecular weight excluding hydrogens is 312 g/mol. The first-order chi connectivity index (χ1) is 11.2. The Kier molecular flexibility index (Phi) is 4.74. The highest BCUT2D eigenvalue weighted by atomic mass is 35.5. The van der Waals surface area contributed by atoms with Crippen LogP contribution in [0.4, 0.5) is 5.69 Å². The van der Waals surface area contributed by atoms with E-state index < -0.39 is 0 Å². The fraction of sp³-hybridized carbons (Fsp3) is 0.111. The number of hydrogen-bond donors (Lipinski definition) is 1. The van der Waals surface area contributed by atoms with Gasteiger partial charge in [-0.3, -0.25) is 9.78 Å². The van der Waals surface area contributed by atoms with Crippen molar-refractivity contribution in [2.45, 2.75) is 6.42 Å². The van der Waals surface area contributed by atoms with Gasteiger partial charge in [0.1, 0.15) is 5.75 Å². The molecule has 0 saturated heterocycles. The van der Waals surface area contributed by atoms with Crippen LogP contribution in [0.25, 0.3) is 10.9 Å². The van der Waals surface area contributed by atoms with Crippen molar-refractivity contribution in [1.82, 2.24) is 4.98 Å². The van der Waals surface area contributed by atoms with Crippen LogP contribution in [-0.4, -0.2) is 17.5 Å². The quantitative estimate of drug-likeness (QED) is 0.760. The maximum atomic E-state index is 12.1. The van der Waals surface area contributed by atoms with Gasteiger partial charge in [-0.1, -0.05) is 29.8 Å². The highest BCUT2D eigenvalue weighted by Crippen LogP contribution is 2.21. The Bertz CT molecular complexity index is 813. The molecule has 1 amide bonds. The van der Waals surface area contributed by atoms with Gasteiger partial charge in [-0.25, -0.2) is 0 Å². The number of carbonyl (C=O) groups excluding carboxylic acids is 1. The SMILES string of the molecule is O=C(CCOc1ccc(Cl)cc1)Nc1cccc2cccnc12. The van der Waals surface area contributed by atoms with Crippen molar-refractivity contribution in [3.63, 3.8) is 0 Å². The van der Waals surface area contributed by atoms with Crippen LogP contribution in [0, 0.1) is 0 Å². The second kappa shape index (κ2) is 7.11. The Morgan fingerprint density at radius 3 is 2.70 bits per heavy atom. The van der Waals surface area contributed by atoms with Gasteiger partial charge in [0.2, 0.25) is 5.91 Å². The van der Waals surface area contributed by atoms with E-state index in [-0.39, 0.29) is 12.3 Å². The lowest BCUT2D eigenvalue weighted by Crippen LogP contribution is -2.15. The molecule has 0 atom stereocenters. The molecule has 0 spiro atoms. The Balaban J connectivity index is 1.57. The maximum absolute atomic E-state index is 12.1. The Labute approximate surface area is 139 Å². The lowest BCUT2D eigenvalue weighted by Gasteiger charge is -2.09. The summed E-state index contributed by atoms with van der Waals surface area (Å²) in [6, 6.07) is 16.6. The van der Waals surface area contributed by atoms with E-state index in [9.17, 15) is 4.79 Å². The number of para-hydroxylation sites is 1. The zero-order valence-electron chi connectivity index (χ0n) is 12.3. The summed E-state index contributed by atoms with van der Waals surface area (Å²) in [5.74, 6) is 0.575. The van der Waals surface area contributed by atoms with Crippen LogP contribution in [-0.2, 0) is 4.79 Å². The van der Waals surface area contributed by atoms with Crippen LogP contribution in [0.3, 0.4) is 0 Å². The third-order valence-corrected chi connectivity index (χ3v) is 3.57. The monoisotopic (exact) mass is 326 g/mol. The van der Waals surface area contributed by atoms with Crippen LogP contribution in [0.5, 0.6) is 5.75 Å². The highest BCUT2D eigenvalue weighted by Gasteiger charge is 2.07. The summed E-state index contributed by atoms with van der Waals surface area (Å²) in [5, 5.41) is 4.52. The second-order valence-electron chi connectivity index (χ2n) is 4.98. The van der Waals surface area contributed by atoms with E-state index in [0.29, 0.717) is 23.1 Å². The predicted octanol–water partition coefficient (Wildman–Crippen LogP) is 4.30. The van der Waals surface area contributed by atoms with Crippen LogP contribution in [0.15, 0.2) is 60.8 Å². The maximum Gasteiger partial charge on any atom is 0.227 e. The number of nitrogens with zero attached hydrogens (tertiary/aromatic N) is 1. The molecule has 0 radical (unpaired) electrons. The number of amides is 1. The number of aromatic nitrogens is 1. The first-order valence-corrected chi connectivity index (χ1v) is 7.62. The van der Waals surface area contributed by atoms with Gasteiger partial charge in [0.25, 0.3) is 0 Å². The van der Waals surface area contributed by atoms with Crippen molar-refractivity contribution in [1.29, 1.82) is 0 Å². The van der Waals surface area contributed by atoms with Crippen LogP contribution in [0.1, 0.15) is 6.42 Å². The number of pyridine rings is 1. The summed E-state index contributed by atoms with van der Waals surface area (Å²) in [6.45, 7) is 0.297. The number of halogens is 1. The average molecular weight is 327 g/mol. The molecule has 23 heavy (non-hydrogen) atoms. The number of hydrogen-bond acceptors (Lipinski definition) is 3. The Morgan fingerprint density at radius 2 is 1.87 bits per heavy atom. The minimum atomic E-state index is -0.114. The van der Waals surface area contributed by atoms with Crippen LogP contribution < -0.4 is 10.1 Å². The normalized spacial score (nSPS) is 10.5. The molecule has 2 aromatic carbocycles. The standard InChI is InChI=1S/C18H15ClN2O2/c19-14-6-8-15(9-7-14)23-12-10-17(22)21-16-5-1-3-13-4-2-11-20-18(13)16/h1-9,11H,10,12H2,(H,21,22). The zero-order valence-corrected chi connectivity index (χ0v) is 13.1. The van der Waals surface area contributed by atoms with Crippen molar-refractivity contribution < 1.29 is 9.53 Å². The molecule has 0 aliphatic rings. The smallest absolute Gasteiger partial charge is 0.227 e. The highest BCUT2D eigenvalue weighted by molar-refractivity contribution is 6.30. The van der Waals surface area contributed by atoms with Gasteiger partial charge in [0, 0.05) is 16.6 Å². The minimum Gasteiger partial charge on any atom is -0.493 e. The summed E-state index contributed by atoms with van der Waals surface area (Å²) in [7, 11) is 0. The molecule has 0 fully saturated rings. The van der Waals surface area contributed by atoms with E-state index in [1.165, 1.54) is 0 Å². The van der Waals surface area contributed by atoms with Crippen molar-refractivity contribution >= 4 is 34.1 Å². The van der Waals surface area contributed by atoms with Crippen molar-refractivity contribution in [3.05, 3.63) is 65.8 Å². The molecule has 0 bridgehead atoms. The first-order valence-electron chi connectivity index (χ1n) is 7.24. The third kappa shape index (κ3) is 3.99. The van der Waals surface area contributed by atoms with Gasteiger partial charge in [-0.2, -0.15) is 0 Å². The number of ether oxygens (including phenoxy) is 1. The third-order valence-electron chi connectivity index (χ3n) is 3.32. The molecule has 0 aliphatic heterocycles. The van der Waals surface area contributed by atoms with Gasteiger partial charge in [-0.05, 0) is 36.4 Å². The fourth-order valence-electron chi connectivity index (χ4n) is 2.21. The lowest BCUT2D eigenvalue weighted by molar-refractivity contribution is -0.116. The summed E-state index contributed by atoms with van der Waals surface area (Å²) in [5.41, 5.74) is 1.49. The van der Waals surface area contributed by atoms with E-state index in [0.717, 1.165) is 10.9 Å². The fourth-order valence-corrected chi connectivity index (χ4v) is 2.34. The van der Waals surface area contributed by atoms with Gasteiger partial charge < -0.3 is 10.1 Å². The van der Waals surface area contributed by atoms with Gasteiger partial charge in [-0.15, -0.1) is 0 Å². The van der Waals surface area contributed by atoms with Crippen LogP contribution >= 0.6 is 11.6 Å². The second-order valence-corrected chi connectivity index (χ2v) is 5.42.